The maximum Gasteiger partial charge on any atom is 0.407 e. The van der Waals surface area contributed by atoms with Crippen LogP contribution in [0.2, 0.25) is 0 Å². The lowest BCUT2D eigenvalue weighted by Crippen LogP contribution is -2.37. The minimum absolute atomic E-state index is 0.186. The van der Waals surface area contributed by atoms with E-state index < -0.39 is 23.3 Å². The number of piperidine rings is 1. The molecule has 0 spiro atoms. The number of rotatable bonds is 4. The van der Waals surface area contributed by atoms with Crippen molar-refractivity contribution in [2.75, 3.05) is 13.1 Å². The fourth-order valence-corrected chi connectivity index (χ4v) is 3.04. The van der Waals surface area contributed by atoms with E-state index in [0.29, 0.717) is 25.9 Å². The molecule has 142 valence electrons. The van der Waals surface area contributed by atoms with E-state index in [1.165, 1.54) is 4.90 Å². The zero-order valence-electron chi connectivity index (χ0n) is 14.5. The van der Waals surface area contributed by atoms with Crippen molar-refractivity contribution in [2.24, 2.45) is 0 Å². The summed E-state index contributed by atoms with van der Waals surface area (Å²) in [4.78, 5) is 43.4. The molecule has 0 aliphatic carbocycles. The summed E-state index contributed by atoms with van der Waals surface area (Å²) in [5.74, 6) is -1.28. The van der Waals surface area contributed by atoms with Crippen LogP contribution in [0.25, 0.3) is 0 Å². The van der Waals surface area contributed by atoms with Crippen molar-refractivity contribution in [3.63, 3.8) is 0 Å². The molecule has 0 unspecified atom stereocenters. The van der Waals surface area contributed by atoms with Gasteiger partial charge in [0.1, 0.15) is 5.82 Å². The highest BCUT2D eigenvalue weighted by Gasteiger charge is 2.27. The number of amides is 2. The molecule has 1 aliphatic rings. The Morgan fingerprint density at radius 1 is 1.22 bits per heavy atom. The lowest BCUT2D eigenvalue weighted by molar-refractivity contribution is 0.0941. The van der Waals surface area contributed by atoms with E-state index in [-0.39, 0.29) is 24.0 Å². The molecular formula is C18H20N4O5. The fraction of sp³-hybridized carbons (Fsp3) is 0.333. The van der Waals surface area contributed by atoms with E-state index in [9.17, 15) is 19.5 Å². The molecule has 2 amide bonds. The van der Waals surface area contributed by atoms with Crippen LogP contribution in [0.1, 0.15) is 40.6 Å². The van der Waals surface area contributed by atoms with E-state index in [4.69, 9.17) is 5.11 Å². The molecule has 0 bridgehead atoms. The first-order chi connectivity index (χ1) is 13.0. The molecule has 9 nitrogen and oxygen atoms in total. The molecule has 4 N–H and O–H groups in total. The average molecular weight is 372 g/mol. The molecule has 1 aliphatic heterocycles. The number of aromatic nitrogens is 2. The molecule has 1 aromatic heterocycles. The third-order valence-corrected chi connectivity index (χ3v) is 4.58. The monoisotopic (exact) mass is 372 g/mol. The number of carboxylic acid groups (broad SMARTS) is 1. The van der Waals surface area contributed by atoms with E-state index in [2.05, 4.69) is 15.3 Å². The van der Waals surface area contributed by atoms with Crippen LogP contribution in [-0.2, 0) is 6.54 Å². The second kappa shape index (κ2) is 7.90. The number of benzene rings is 1. The standard InChI is InChI=1S/C18H20N4O5/c23-14-13(16(24)19-10-11-4-2-1-3-5-11)20-15(21-17(14)25)12-6-8-22(9-7-12)18(26)27/h1-5,12,23H,6-10H2,(H,19,24)(H,26,27)(H,20,21,25). The Morgan fingerprint density at radius 2 is 1.89 bits per heavy atom. The quantitative estimate of drug-likeness (QED) is 0.638. The Hall–Kier alpha value is -3.36. The van der Waals surface area contributed by atoms with Gasteiger partial charge in [0, 0.05) is 25.6 Å². The normalized spacial score (nSPS) is 14.7. The molecule has 0 radical (unpaired) electrons. The van der Waals surface area contributed by atoms with Gasteiger partial charge in [0.05, 0.1) is 0 Å². The first kappa shape index (κ1) is 18.4. The Morgan fingerprint density at radius 3 is 2.52 bits per heavy atom. The van der Waals surface area contributed by atoms with E-state index in [1.807, 2.05) is 30.3 Å². The molecule has 9 heteroatoms. The van der Waals surface area contributed by atoms with Crippen LogP contribution < -0.4 is 10.9 Å². The van der Waals surface area contributed by atoms with Crippen molar-refractivity contribution in [1.82, 2.24) is 20.2 Å². The SMILES string of the molecule is O=C(NCc1ccccc1)c1nc(C2CCN(C(=O)O)CC2)[nH]c(=O)c1O. The van der Waals surface area contributed by atoms with Crippen LogP contribution in [0.3, 0.4) is 0 Å². The number of aromatic hydroxyl groups is 1. The number of nitrogens with zero attached hydrogens (tertiary/aromatic N) is 2. The minimum Gasteiger partial charge on any atom is -0.501 e. The predicted octanol–water partition coefficient (Wildman–Crippen LogP) is 1.26. The largest absolute Gasteiger partial charge is 0.501 e. The summed E-state index contributed by atoms with van der Waals surface area (Å²) in [5.41, 5.74) is -0.243. The highest BCUT2D eigenvalue weighted by Crippen LogP contribution is 2.26. The molecule has 1 fully saturated rings. The Labute approximate surface area is 154 Å². The molecule has 0 saturated carbocycles. The maximum absolute atomic E-state index is 12.4. The smallest absolute Gasteiger partial charge is 0.407 e. The molecule has 0 atom stereocenters. The van der Waals surface area contributed by atoms with E-state index in [0.717, 1.165) is 5.56 Å². The first-order valence-electron chi connectivity index (χ1n) is 8.59. The molecule has 1 aromatic carbocycles. The zero-order valence-corrected chi connectivity index (χ0v) is 14.5. The molecule has 1 saturated heterocycles. The summed E-state index contributed by atoms with van der Waals surface area (Å²) in [6.45, 7) is 0.875. The number of hydrogen-bond donors (Lipinski definition) is 4. The van der Waals surface area contributed by atoms with Crippen molar-refractivity contribution in [1.29, 1.82) is 0 Å². The summed E-state index contributed by atoms with van der Waals surface area (Å²) >= 11 is 0. The average Bonchev–Trinajstić information content (AvgIpc) is 2.69. The van der Waals surface area contributed by atoms with Gasteiger partial charge in [-0.3, -0.25) is 9.59 Å². The fourth-order valence-electron chi connectivity index (χ4n) is 3.04. The van der Waals surface area contributed by atoms with Gasteiger partial charge in [-0.05, 0) is 18.4 Å². The summed E-state index contributed by atoms with van der Waals surface area (Å²) in [7, 11) is 0. The maximum atomic E-state index is 12.4. The van der Waals surface area contributed by atoms with Crippen molar-refractivity contribution in [3.05, 3.63) is 57.8 Å². The lowest BCUT2D eigenvalue weighted by Gasteiger charge is -2.29. The van der Waals surface area contributed by atoms with Crippen molar-refractivity contribution < 1.29 is 19.8 Å². The van der Waals surface area contributed by atoms with Crippen LogP contribution in [0.4, 0.5) is 4.79 Å². The van der Waals surface area contributed by atoms with Crippen LogP contribution in [0.5, 0.6) is 5.75 Å². The number of aromatic amines is 1. The molecule has 27 heavy (non-hydrogen) atoms. The summed E-state index contributed by atoms with van der Waals surface area (Å²) in [6.07, 6.45) is -0.0301. The molecule has 3 rings (SSSR count). The molecular weight excluding hydrogens is 352 g/mol. The Bertz CT molecular complexity index is 888. The Kier molecular flexibility index (Phi) is 5.39. The summed E-state index contributed by atoms with van der Waals surface area (Å²) in [5, 5.41) is 21.6. The third-order valence-electron chi connectivity index (χ3n) is 4.58. The van der Waals surface area contributed by atoms with Crippen LogP contribution in [0.15, 0.2) is 35.1 Å². The number of H-pyrrole nitrogens is 1. The van der Waals surface area contributed by atoms with Gasteiger partial charge < -0.3 is 25.4 Å². The second-order valence-electron chi connectivity index (χ2n) is 6.36. The van der Waals surface area contributed by atoms with Gasteiger partial charge in [-0.25, -0.2) is 9.78 Å². The van der Waals surface area contributed by atoms with Gasteiger partial charge in [-0.15, -0.1) is 0 Å². The topological polar surface area (TPSA) is 136 Å². The highest BCUT2D eigenvalue weighted by atomic mass is 16.4. The van der Waals surface area contributed by atoms with Crippen LogP contribution in [-0.4, -0.2) is 50.2 Å². The predicted molar refractivity (Wildman–Crippen MR) is 95.7 cm³/mol. The Balaban J connectivity index is 1.75. The zero-order chi connectivity index (χ0) is 19.4. The van der Waals surface area contributed by atoms with Gasteiger partial charge in [0.15, 0.2) is 5.69 Å². The van der Waals surface area contributed by atoms with Crippen molar-refractivity contribution >= 4 is 12.0 Å². The van der Waals surface area contributed by atoms with Gasteiger partial charge >= 0.3 is 6.09 Å². The van der Waals surface area contributed by atoms with Crippen molar-refractivity contribution in [2.45, 2.75) is 25.3 Å². The summed E-state index contributed by atoms with van der Waals surface area (Å²) < 4.78 is 0. The number of likely N-dealkylation sites (tertiary alicyclic amines) is 1. The van der Waals surface area contributed by atoms with Crippen molar-refractivity contribution in [3.8, 4) is 5.75 Å². The van der Waals surface area contributed by atoms with Crippen LogP contribution >= 0.6 is 0 Å². The van der Waals surface area contributed by atoms with Gasteiger partial charge in [0.25, 0.3) is 11.5 Å². The van der Waals surface area contributed by atoms with E-state index >= 15 is 0 Å². The van der Waals surface area contributed by atoms with Gasteiger partial charge in [-0.1, -0.05) is 30.3 Å². The van der Waals surface area contributed by atoms with Gasteiger partial charge in [0.2, 0.25) is 5.75 Å². The van der Waals surface area contributed by atoms with Gasteiger partial charge in [-0.2, -0.15) is 0 Å². The lowest BCUT2D eigenvalue weighted by atomic mass is 9.96. The summed E-state index contributed by atoms with van der Waals surface area (Å²) in [6, 6.07) is 9.22. The second-order valence-corrected chi connectivity index (χ2v) is 6.36. The van der Waals surface area contributed by atoms with E-state index in [1.54, 1.807) is 0 Å². The molecule has 2 heterocycles. The first-order valence-corrected chi connectivity index (χ1v) is 8.59. The number of carbonyl (C=O) groups excluding carboxylic acids is 1. The highest BCUT2D eigenvalue weighted by molar-refractivity contribution is 5.94. The molecule has 2 aromatic rings. The number of nitrogens with one attached hydrogen (secondary N) is 2. The number of hydrogen-bond acceptors (Lipinski definition) is 5. The number of carbonyl (C=O) groups is 2. The third kappa shape index (κ3) is 4.25. The van der Waals surface area contributed by atoms with Crippen LogP contribution in [0, 0.1) is 0 Å². The minimum atomic E-state index is -0.985.